The lowest BCUT2D eigenvalue weighted by molar-refractivity contribution is -0.127. The van der Waals surface area contributed by atoms with Crippen LogP contribution in [0.2, 0.25) is 0 Å². The number of piperidine rings is 1. The topological polar surface area (TPSA) is 91.6 Å². The number of hydrogen-bond donors (Lipinski definition) is 0. The van der Waals surface area contributed by atoms with Crippen LogP contribution in [-0.2, 0) is 11.3 Å². The minimum atomic E-state index is -0.0436. The molecule has 9 heteroatoms. The molecule has 3 aromatic rings. The van der Waals surface area contributed by atoms with Gasteiger partial charge in [-0.3, -0.25) is 4.79 Å². The van der Waals surface area contributed by atoms with E-state index in [0.29, 0.717) is 30.5 Å². The standard InChI is InChI=1S/C25H29N5O4/c1-32-21-7-4-18(5-8-21)17-30-15-12-26-23(30)19-10-13-29(14-11-19)22(31)9-6-20-16-27-25(34-3)28-24(20)33-2/h4-9,12,15-16,19H,10-11,13-14,17H2,1-3H3. The predicted octanol–water partition coefficient (Wildman–Crippen LogP) is 3.17. The highest BCUT2D eigenvalue weighted by atomic mass is 16.5. The van der Waals surface area contributed by atoms with E-state index in [9.17, 15) is 4.79 Å². The van der Waals surface area contributed by atoms with Crippen molar-refractivity contribution in [2.75, 3.05) is 34.4 Å². The fourth-order valence-corrected chi connectivity index (χ4v) is 4.10. The number of methoxy groups -OCH3 is 3. The summed E-state index contributed by atoms with van der Waals surface area (Å²) in [6, 6.07) is 8.29. The zero-order valence-electron chi connectivity index (χ0n) is 19.7. The molecule has 2 aromatic heterocycles. The predicted molar refractivity (Wildman–Crippen MR) is 127 cm³/mol. The van der Waals surface area contributed by atoms with E-state index >= 15 is 0 Å². The zero-order valence-corrected chi connectivity index (χ0v) is 19.7. The van der Waals surface area contributed by atoms with Crippen LogP contribution < -0.4 is 14.2 Å². The Balaban J connectivity index is 1.35. The van der Waals surface area contributed by atoms with E-state index in [-0.39, 0.29) is 11.9 Å². The van der Waals surface area contributed by atoms with Crippen molar-refractivity contribution in [3.63, 3.8) is 0 Å². The highest BCUT2D eigenvalue weighted by molar-refractivity contribution is 5.92. The first kappa shape index (κ1) is 23.3. The summed E-state index contributed by atoms with van der Waals surface area (Å²) < 4.78 is 17.7. The molecule has 1 fully saturated rings. The number of imidazole rings is 1. The van der Waals surface area contributed by atoms with Gasteiger partial charge in [0, 0.05) is 50.2 Å². The van der Waals surface area contributed by atoms with Crippen LogP contribution in [0.25, 0.3) is 6.08 Å². The van der Waals surface area contributed by atoms with Crippen molar-refractivity contribution >= 4 is 12.0 Å². The number of ether oxygens (including phenoxy) is 3. The maximum atomic E-state index is 12.7. The molecular weight excluding hydrogens is 434 g/mol. The molecule has 0 spiro atoms. The van der Waals surface area contributed by atoms with Crippen molar-refractivity contribution in [1.82, 2.24) is 24.4 Å². The largest absolute Gasteiger partial charge is 0.497 e. The number of carbonyl (C=O) groups excluding carboxylic acids is 1. The third-order valence-corrected chi connectivity index (χ3v) is 5.97. The van der Waals surface area contributed by atoms with Gasteiger partial charge >= 0.3 is 6.01 Å². The van der Waals surface area contributed by atoms with Crippen LogP contribution in [0.3, 0.4) is 0 Å². The molecule has 9 nitrogen and oxygen atoms in total. The number of carbonyl (C=O) groups is 1. The second-order valence-electron chi connectivity index (χ2n) is 8.02. The summed E-state index contributed by atoms with van der Waals surface area (Å²) in [5.41, 5.74) is 1.81. The average molecular weight is 464 g/mol. The molecule has 0 unspecified atom stereocenters. The summed E-state index contributed by atoms with van der Waals surface area (Å²) in [4.78, 5) is 27.5. The Morgan fingerprint density at radius 1 is 1.06 bits per heavy atom. The molecule has 34 heavy (non-hydrogen) atoms. The Morgan fingerprint density at radius 2 is 1.82 bits per heavy atom. The van der Waals surface area contributed by atoms with Crippen LogP contribution in [0.5, 0.6) is 17.6 Å². The maximum absolute atomic E-state index is 12.7. The van der Waals surface area contributed by atoms with Crippen molar-refractivity contribution in [2.24, 2.45) is 0 Å². The van der Waals surface area contributed by atoms with Gasteiger partial charge in [0.25, 0.3) is 0 Å². The minimum Gasteiger partial charge on any atom is -0.497 e. The van der Waals surface area contributed by atoms with Gasteiger partial charge in [0.15, 0.2) is 0 Å². The highest BCUT2D eigenvalue weighted by Crippen LogP contribution is 2.28. The van der Waals surface area contributed by atoms with E-state index in [0.717, 1.165) is 31.0 Å². The number of hydrogen-bond acceptors (Lipinski definition) is 7. The van der Waals surface area contributed by atoms with Gasteiger partial charge in [0.2, 0.25) is 11.8 Å². The first-order valence-electron chi connectivity index (χ1n) is 11.2. The van der Waals surface area contributed by atoms with Gasteiger partial charge < -0.3 is 23.7 Å². The molecular formula is C25H29N5O4. The molecule has 0 atom stereocenters. The Morgan fingerprint density at radius 3 is 2.50 bits per heavy atom. The summed E-state index contributed by atoms with van der Waals surface area (Å²) in [5, 5.41) is 0. The number of benzene rings is 1. The Hall–Kier alpha value is -3.88. The van der Waals surface area contributed by atoms with Gasteiger partial charge in [-0.25, -0.2) is 9.97 Å². The Bertz CT molecular complexity index is 1130. The van der Waals surface area contributed by atoms with Crippen molar-refractivity contribution in [1.29, 1.82) is 0 Å². The molecule has 1 amide bonds. The summed E-state index contributed by atoms with van der Waals surface area (Å²) in [7, 11) is 4.67. The smallest absolute Gasteiger partial charge is 0.319 e. The molecule has 4 rings (SSSR count). The molecule has 0 aliphatic carbocycles. The Labute approximate surface area is 199 Å². The second kappa shape index (κ2) is 10.8. The minimum absolute atomic E-state index is 0.0436. The van der Waals surface area contributed by atoms with E-state index in [4.69, 9.17) is 14.2 Å². The van der Waals surface area contributed by atoms with Gasteiger partial charge in [-0.1, -0.05) is 12.1 Å². The van der Waals surface area contributed by atoms with Crippen LogP contribution >= 0.6 is 0 Å². The molecule has 0 radical (unpaired) electrons. The Kier molecular flexibility index (Phi) is 7.41. The summed E-state index contributed by atoms with van der Waals surface area (Å²) in [6.07, 6.45) is 10.4. The molecule has 1 saturated heterocycles. The molecule has 3 heterocycles. The summed E-state index contributed by atoms with van der Waals surface area (Å²) in [6.45, 7) is 2.12. The first-order chi connectivity index (χ1) is 16.6. The lowest BCUT2D eigenvalue weighted by Gasteiger charge is -2.31. The third-order valence-electron chi connectivity index (χ3n) is 5.97. The first-order valence-corrected chi connectivity index (χ1v) is 11.2. The highest BCUT2D eigenvalue weighted by Gasteiger charge is 2.25. The van der Waals surface area contributed by atoms with Crippen molar-refractivity contribution in [3.8, 4) is 17.6 Å². The zero-order chi connectivity index (χ0) is 23.9. The van der Waals surface area contributed by atoms with Gasteiger partial charge in [-0.2, -0.15) is 4.98 Å². The maximum Gasteiger partial charge on any atom is 0.319 e. The lowest BCUT2D eigenvalue weighted by atomic mass is 9.95. The summed E-state index contributed by atoms with van der Waals surface area (Å²) >= 11 is 0. The normalized spacial score (nSPS) is 14.4. The van der Waals surface area contributed by atoms with Crippen LogP contribution in [0.1, 0.15) is 35.7 Å². The van der Waals surface area contributed by atoms with E-state index in [1.165, 1.54) is 19.8 Å². The molecule has 0 bridgehead atoms. The molecule has 1 aliphatic rings. The number of rotatable bonds is 8. The number of likely N-dealkylation sites (tertiary alicyclic amines) is 1. The van der Waals surface area contributed by atoms with Gasteiger partial charge in [0.1, 0.15) is 11.6 Å². The monoisotopic (exact) mass is 463 g/mol. The van der Waals surface area contributed by atoms with E-state index in [2.05, 4.69) is 31.7 Å². The van der Waals surface area contributed by atoms with Gasteiger partial charge in [-0.05, 0) is 36.6 Å². The molecule has 1 aromatic carbocycles. The second-order valence-corrected chi connectivity index (χ2v) is 8.02. The van der Waals surface area contributed by atoms with Gasteiger partial charge in [0.05, 0.1) is 26.9 Å². The fraction of sp³-hybridized carbons (Fsp3) is 0.360. The van der Waals surface area contributed by atoms with Crippen molar-refractivity contribution < 1.29 is 19.0 Å². The lowest BCUT2D eigenvalue weighted by Crippen LogP contribution is -2.37. The van der Waals surface area contributed by atoms with Crippen LogP contribution in [-0.4, -0.2) is 64.7 Å². The number of amides is 1. The number of nitrogens with zero attached hydrogens (tertiary/aromatic N) is 5. The molecule has 0 N–H and O–H groups in total. The fourth-order valence-electron chi connectivity index (χ4n) is 4.10. The van der Waals surface area contributed by atoms with Crippen molar-refractivity contribution in [3.05, 3.63) is 65.9 Å². The van der Waals surface area contributed by atoms with Crippen LogP contribution in [0.4, 0.5) is 0 Å². The van der Waals surface area contributed by atoms with Crippen molar-refractivity contribution in [2.45, 2.75) is 25.3 Å². The van der Waals surface area contributed by atoms with E-state index in [1.807, 2.05) is 29.4 Å². The molecule has 1 aliphatic heterocycles. The summed E-state index contributed by atoms with van der Waals surface area (Å²) in [5.74, 6) is 2.55. The number of aromatic nitrogens is 4. The van der Waals surface area contributed by atoms with E-state index < -0.39 is 0 Å². The quantitative estimate of drug-likeness (QED) is 0.474. The SMILES string of the molecule is COc1ccc(Cn2ccnc2C2CCN(C(=O)C=Cc3cnc(OC)nc3OC)CC2)cc1. The van der Waals surface area contributed by atoms with Gasteiger partial charge in [-0.15, -0.1) is 0 Å². The van der Waals surface area contributed by atoms with Crippen LogP contribution in [0, 0.1) is 0 Å². The molecule has 178 valence electrons. The average Bonchev–Trinajstić information content (AvgIpc) is 3.35. The van der Waals surface area contributed by atoms with Crippen LogP contribution in [0.15, 0.2) is 48.9 Å². The third kappa shape index (κ3) is 5.36. The molecule has 0 saturated carbocycles. The van der Waals surface area contributed by atoms with E-state index in [1.54, 1.807) is 25.5 Å².